The highest BCUT2D eigenvalue weighted by molar-refractivity contribution is 9.13. The number of thioether (sulfide) groups is 1. The van der Waals surface area contributed by atoms with Gasteiger partial charge in [0.1, 0.15) is 12.4 Å². The molecule has 10 heteroatoms. The van der Waals surface area contributed by atoms with Crippen LogP contribution in [0, 0.1) is 0 Å². The highest BCUT2D eigenvalue weighted by Gasteiger charge is 2.35. The number of ether oxygens (including phenoxy) is 2. The van der Waals surface area contributed by atoms with Crippen LogP contribution in [0.15, 0.2) is 44.2 Å². The number of nitrogens with zero attached hydrogens (tertiary/aromatic N) is 1. The number of hydrogen-bond donors (Lipinski definition) is 1. The molecule has 6 nitrogen and oxygen atoms in total. The number of amides is 2. The predicted molar refractivity (Wildman–Crippen MR) is 120 cm³/mol. The molecule has 0 atom stereocenters. The molecule has 1 N–H and O–H groups in total. The van der Waals surface area contributed by atoms with Crippen LogP contribution in [-0.2, 0) is 4.79 Å². The standard InChI is InChI=1S/C19H14Br2ClNO5S/c1-27-14-9-11(20)16(21)10(17(14)24)8-15-18(25)23(19(26)29-15)6-7-28-13-5-3-2-4-12(13)22/h2-5,8-9,24H,6-7H2,1H3/b15-8-. The maximum atomic E-state index is 12.7. The molecular weight excluding hydrogens is 550 g/mol. The summed E-state index contributed by atoms with van der Waals surface area (Å²) in [6.45, 7) is 0.177. The highest BCUT2D eigenvalue weighted by atomic mass is 79.9. The van der Waals surface area contributed by atoms with E-state index in [4.69, 9.17) is 21.1 Å². The third-order valence-corrected chi connectivity index (χ3v) is 7.20. The van der Waals surface area contributed by atoms with Gasteiger partial charge in [0.2, 0.25) is 0 Å². The summed E-state index contributed by atoms with van der Waals surface area (Å²) in [7, 11) is 1.42. The normalized spacial score (nSPS) is 15.3. The summed E-state index contributed by atoms with van der Waals surface area (Å²) >= 11 is 13.5. The fourth-order valence-electron chi connectivity index (χ4n) is 2.53. The number of phenols is 1. The van der Waals surface area contributed by atoms with Crippen LogP contribution in [-0.4, -0.2) is 41.4 Å². The molecule has 2 aromatic rings. The Balaban J connectivity index is 1.77. The minimum Gasteiger partial charge on any atom is -0.504 e. The monoisotopic (exact) mass is 561 g/mol. The Morgan fingerprint density at radius 2 is 1.97 bits per heavy atom. The van der Waals surface area contributed by atoms with Gasteiger partial charge in [0, 0.05) is 14.5 Å². The van der Waals surface area contributed by atoms with Gasteiger partial charge in [-0.25, -0.2) is 0 Å². The van der Waals surface area contributed by atoms with Crippen LogP contribution in [0.1, 0.15) is 5.56 Å². The first-order chi connectivity index (χ1) is 13.8. The first-order valence-electron chi connectivity index (χ1n) is 8.21. The lowest BCUT2D eigenvalue weighted by molar-refractivity contribution is -0.123. The number of aromatic hydroxyl groups is 1. The van der Waals surface area contributed by atoms with Gasteiger partial charge in [-0.15, -0.1) is 0 Å². The zero-order valence-corrected chi connectivity index (χ0v) is 19.7. The van der Waals surface area contributed by atoms with Crippen molar-refractivity contribution in [2.75, 3.05) is 20.3 Å². The highest BCUT2D eigenvalue weighted by Crippen LogP contribution is 2.43. The molecule has 29 heavy (non-hydrogen) atoms. The summed E-state index contributed by atoms with van der Waals surface area (Å²) in [4.78, 5) is 26.3. The molecule has 0 spiro atoms. The van der Waals surface area contributed by atoms with E-state index < -0.39 is 11.1 Å². The van der Waals surface area contributed by atoms with Gasteiger partial charge in [-0.1, -0.05) is 23.7 Å². The number of carbonyl (C=O) groups is 2. The Bertz CT molecular complexity index is 1010. The minimum atomic E-state index is -0.465. The Hall–Kier alpha value is -1.68. The third kappa shape index (κ3) is 4.74. The lowest BCUT2D eigenvalue weighted by Crippen LogP contribution is -2.32. The van der Waals surface area contributed by atoms with Gasteiger partial charge in [-0.05, 0) is 67.9 Å². The number of imide groups is 1. The number of phenolic OH excluding ortho intramolecular Hbond substituents is 1. The predicted octanol–water partition coefficient (Wildman–Crippen LogP) is 5.69. The van der Waals surface area contributed by atoms with Gasteiger partial charge in [0.05, 0.1) is 23.6 Å². The lowest BCUT2D eigenvalue weighted by atomic mass is 10.1. The Morgan fingerprint density at radius 3 is 2.66 bits per heavy atom. The zero-order valence-electron chi connectivity index (χ0n) is 14.9. The van der Waals surface area contributed by atoms with Crippen LogP contribution in [0.25, 0.3) is 6.08 Å². The summed E-state index contributed by atoms with van der Waals surface area (Å²) in [5.74, 6) is 0.106. The second-order valence-electron chi connectivity index (χ2n) is 5.75. The van der Waals surface area contributed by atoms with E-state index in [1.807, 2.05) is 0 Å². The minimum absolute atomic E-state index is 0.0716. The van der Waals surface area contributed by atoms with Crippen LogP contribution < -0.4 is 9.47 Å². The SMILES string of the molecule is COc1cc(Br)c(Br)c(/C=C2\SC(=O)N(CCOc3ccccc3Cl)C2=O)c1O. The van der Waals surface area contributed by atoms with E-state index >= 15 is 0 Å². The van der Waals surface area contributed by atoms with Crippen molar-refractivity contribution in [2.24, 2.45) is 0 Å². The summed E-state index contributed by atoms with van der Waals surface area (Å²) in [5.41, 5.74) is 0.328. The van der Waals surface area contributed by atoms with Gasteiger partial charge < -0.3 is 14.6 Å². The Labute approximate surface area is 193 Å². The van der Waals surface area contributed by atoms with E-state index in [0.29, 0.717) is 25.3 Å². The molecule has 2 amide bonds. The van der Waals surface area contributed by atoms with E-state index in [1.54, 1.807) is 30.3 Å². The van der Waals surface area contributed by atoms with Crippen molar-refractivity contribution in [2.45, 2.75) is 0 Å². The second kappa shape index (κ2) is 9.42. The van der Waals surface area contributed by atoms with Crippen molar-refractivity contribution in [1.82, 2.24) is 4.90 Å². The summed E-state index contributed by atoms with van der Waals surface area (Å²) < 4.78 is 11.9. The Kier molecular flexibility index (Phi) is 7.15. The molecule has 0 bridgehead atoms. The van der Waals surface area contributed by atoms with E-state index in [2.05, 4.69) is 31.9 Å². The molecule has 0 aliphatic carbocycles. The molecule has 3 rings (SSSR count). The van der Waals surface area contributed by atoms with Gasteiger partial charge in [0.15, 0.2) is 11.5 Å². The van der Waals surface area contributed by atoms with Gasteiger partial charge >= 0.3 is 0 Å². The number of rotatable bonds is 6. The first kappa shape index (κ1) is 22.0. The zero-order chi connectivity index (χ0) is 21.1. The van der Waals surface area contributed by atoms with Crippen LogP contribution in [0.3, 0.4) is 0 Å². The van der Waals surface area contributed by atoms with E-state index in [9.17, 15) is 14.7 Å². The lowest BCUT2D eigenvalue weighted by Gasteiger charge is -2.14. The van der Waals surface area contributed by atoms with Crippen LogP contribution >= 0.6 is 55.2 Å². The molecule has 1 fully saturated rings. The molecule has 0 radical (unpaired) electrons. The fraction of sp³-hybridized carbons (Fsp3) is 0.158. The van der Waals surface area contributed by atoms with Gasteiger partial charge in [-0.2, -0.15) is 0 Å². The van der Waals surface area contributed by atoms with E-state index in [0.717, 1.165) is 16.7 Å². The topological polar surface area (TPSA) is 76.1 Å². The number of benzene rings is 2. The molecule has 0 aromatic heterocycles. The maximum absolute atomic E-state index is 12.7. The summed E-state index contributed by atoms with van der Waals surface area (Å²) in [5, 5.41) is 10.4. The van der Waals surface area contributed by atoms with Gasteiger partial charge in [-0.3, -0.25) is 14.5 Å². The van der Waals surface area contributed by atoms with E-state index in [-0.39, 0.29) is 29.6 Å². The quantitative estimate of drug-likeness (QED) is 0.455. The molecule has 0 saturated carbocycles. The summed E-state index contributed by atoms with van der Waals surface area (Å²) in [6.07, 6.45) is 1.45. The molecule has 0 unspecified atom stereocenters. The van der Waals surface area contributed by atoms with Crippen molar-refractivity contribution >= 4 is 72.4 Å². The average Bonchev–Trinajstić information content (AvgIpc) is 2.96. The van der Waals surface area contributed by atoms with Crippen molar-refractivity contribution in [3.05, 3.63) is 54.8 Å². The first-order valence-corrected chi connectivity index (χ1v) is 11.0. The number of para-hydroxylation sites is 1. The largest absolute Gasteiger partial charge is 0.504 e. The van der Waals surface area contributed by atoms with Crippen molar-refractivity contribution in [1.29, 1.82) is 0 Å². The van der Waals surface area contributed by atoms with E-state index in [1.165, 1.54) is 13.2 Å². The molecule has 1 aliphatic heterocycles. The van der Waals surface area contributed by atoms with Crippen LogP contribution in [0.2, 0.25) is 5.02 Å². The molecule has 2 aromatic carbocycles. The molecule has 152 valence electrons. The van der Waals surface area contributed by atoms with Crippen LogP contribution in [0.4, 0.5) is 4.79 Å². The van der Waals surface area contributed by atoms with Crippen molar-refractivity contribution < 1.29 is 24.2 Å². The maximum Gasteiger partial charge on any atom is 0.293 e. The third-order valence-electron chi connectivity index (χ3n) is 3.97. The smallest absolute Gasteiger partial charge is 0.293 e. The summed E-state index contributed by atoms with van der Waals surface area (Å²) in [6, 6.07) is 8.55. The number of carbonyl (C=O) groups excluding carboxylic acids is 2. The van der Waals surface area contributed by atoms with Crippen molar-refractivity contribution in [3.63, 3.8) is 0 Å². The van der Waals surface area contributed by atoms with Crippen molar-refractivity contribution in [3.8, 4) is 17.2 Å². The van der Waals surface area contributed by atoms with Crippen LogP contribution in [0.5, 0.6) is 17.2 Å². The number of halogens is 3. The number of methoxy groups -OCH3 is 1. The molecule has 1 aliphatic rings. The second-order valence-corrected chi connectivity index (χ2v) is 8.80. The Morgan fingerprint density at radius 1 is 1.24 bits per heavy atom. The molecule has 1 heterocycles. The number of hydrogen-bond acceptors (Lipinski definition) is 6. The van der Waals surface area contributed by atoms with Gasteiger partial charge in [0.25, 0.3) is 11.1 Å². The average molecular weight is 564 g/mol. The molecular formula is C19H14Br2ClNO5S. The molecule has 1 saturated heterocycles. The fourth-order valence-corrected chi connectivity index (χ4v) is 4.41.